The molecule has 0 saturated carbocycles. The quantitative estimate of drug-likeness (QED) is 0.864. The molecule has 0 saturated heterocycles. The highest BCUT2D eigenvalue weighted by atomic mass is 16.5. The molecule has 0 aliphatic heterocycles. The lowest BCUT2D eigenvalue weighted by molar-refractivity contribution is 0.327. The van der Waals surface area contributed by atoms with E-state index < -0.39 is 0 Å². The lowest BCUT2D eigenvalue weighted by Gasteiger charge is -2.12. The number of H-pyrrole nitrogens is 1. The first-order valence-corrected chi connectivity index (χ1v) is 7.01. The van der Waals surface area contributed by atoms with Crippen molar-refractivity contribution in [2.45, 2.75) is 32.6 Å². The maximum absolute atomic E-state index is 5.52. The molecule has 0 radical (unpaired) electrons. The van der Waals surface area contributed by atoms with E-state index in [0.717, 1.165) is 23.7 Å². The normalized spacial score (nSPS) is 11.1. The number of benzene rings is 1. The Balaban J connectivity index is 2.66. The predicted molar refractivity (Wildman–Crippen MR) is 81.3 cm³/mol. The zero-order valence-electron chi connectivity index (χ0n) is 12.9. The molecule has 2 rings (SSSR count). The molecule has 1 heterocycles. The second-order valence-corrected chi connectivity index (χ2v) is 4.85. The van der Waals surface area contributed by atoms with Crippen molar-refractivity contribution in [3.05, 3.63) is 17.8 Å². The van der Waals surface area contributed by atoms with Gasteiger partial charge in [0.25, 0.3) is 0 Å². The highest BCUT2D eigenvalue weighted by Crippen LogP contribution is 2.44. The van der Waals surface area contributed by atoms with E-state index in [1.165, 1.54) is 5.69 Å². The monoisotopic (exact) mass is 277 g/mol. The van der Waals surface area contributed by atoms with Crippen LogP contribution in [0, 0.1) is 0 Å². The molecule has 110 valence electrons. The van der Waals surface area contributed by atoms with Gasteiger partial charge >= 0.3 is 0 Å². The summed E-state index contributed by atoms with van der Waals surface area (Å²) in [6.45, 7) is 4.41. The molecule has 2 aromatic rings. The Hall–Kier alpha value is -1.84. The molecule has 0 bridgehead atoms. The third-order valence-corrected chi connectivity index (χ3v) is 3.87. The standard InChI is InChI=1S/C16H23NO3/c1-6-10(7-2)12-8-11-9-13(18-3)15(19-4)16(20-5)14(11)17-12/h8-10,17H,6-7H2,1-5H3. The second-order valence-electron chi connectivity index (χ2n) is 4.85. The molecular weight excluding hydrogens is 254 g/mol. The first-order valence-electron chi connectivity index (χ1n) is 7.01. The van der Waals surface area contributed by atoms with Gasteiger partial charge in [0, 0.05) is 11.1 Å². The van der Waals surface area contributed by atoms with Crippen molar-refractivity contribution in [3.8, 4) is 17.2 Å². The summed E-state index contributed by atoms with van der Waals surface area (Å²) in [5.41, 5.74) is 2.20. The first kappa shape index (κ1) is 14.6. The number of methoxy groups -OCH3 is 3. The van der Waals surface area contributed by atoms with Crippen molar-refractivity contribution >= 4 is 10.9 Å². The third-order valence-electron chi connectivity index (χ3n) is 3.87. The fraction of sp³-hybridized carbons (Fsp3) is 0.500. The number of ether oxygens (including phenoxy) is 3. The van der Waals surface area contributed by atoms with Gasteiger partial charge in [-0.2, -0.15) is 0 Å². The van der Waals surface area contributed by atoms with Crippen LogP contribution in [0.1, 0.15) is 38.3 Å². The average Bonchev–Trinajstić information content (AvgIpc) is 2.89. The molecule has 0 amide bonds. The van der Waals surface area contributed by atoms with E-state index >= 15 is 0 Å². The molecule has 4 nitrogen and oxygen atoms in total. The van der Waals surface area contributed by atoms with Crippen molar-refractivity contribution in [2.75, 3.05) is 21.3 Å². The van der Waals surface area contributed by atoms with Crippen LogP contribution in [0.3, 0.4) is 0 Å². The number of nitrogens with one attached hydrogen (secondary N) is 1. The molecule has 0 aliphatic carbocycles. The Kier molecular flexibility index (Phi) is 4.42. The SMILES string of the molecule is CCC(CC)c1cc2cc(OC)c(OC)c(OC)c2[nH]1. The van der Waals surface area contributed by atoms with Gasteiger partial charge in [-0.25, -0.2) is 0 Å². The Bertz CT molecular complexity index is 585. The molecule has 0 atom stereocenters. The molecule has 1 aromatic heterocycles. The van der Waals surface area contributed by atoms with E-state index in [-0.39, 0.29) is 0 Å². The number of aromatic amines is 1. The van der Waals surface area contributed by atoms with Crippen LogP contribution in [-0.4, -0.2) is 26.3 Å². The summed E-state index contributed by atoms with van der Waals surface area (Å²) < 4.78 is 16.3. The van der Waals surface area contributed by atoms with E-state index in [1.54, 1.807) is 21.3 Å². The Morgan fingerprint density at radius 3 is 2.10 bits per heavy atom. The number of aromatic nitrogens is 1. The van der Waals surface area contributed by atoms with Gasteiger partial charge in [0.15, 0.2) is 11.5 Å². The summed E-state index contributed by atoms with van der Waals surface area (Å²) in [6, 6.07) is 4.16. The molecule has 20 heavy (non-hydrogen) atoms. The Labute approximate surface area is 120 Å². The van der Waals surface area contributed by atoms with Gasteiger partial charge in [0.05, 0.1) is 26.8 Å². The van der Waals surface area contributed by atoms with Crippen LogP contribution in [0.15, 0.2) is 12.1 Å². The number of hydrogen-bond acceptors (Lipinski definition) is 3. The van der Waals surface area contributed by atoms with Crippen LogP contribution < -0.4 is 14.2 Å². The molecule has 0 spiro atoms. The van der Waals surface area contributed by atoms with E-state index in [1.807, 2.05) is 6.07 Å². The topological polar surface area (TPSA) is 43.5 Å². The van der Waals surface area contributed by atoms with Gasteiger partial charge in [-0.05, 0) is 30.9 Å². The minimum atomic E-state index is 0.532. The van der Waals surface area contributed by atoms with Gasteiger partial charge in [0.2, 0.25) is 5.75 Å². The van der Waals surface area contributed by atoms with Gasteiger partial charge in [-0.15, -0.1) is 0 Å². The Morgan fingerprint density at radius 2 is 1.60 bits per heavy atom. The molecule has 1 N–H and O–H groups in total. The van der Waals surface area contributed by atoms with Crippen LogP contribution >= 0.6 is 0 Å². The van der Waals surface area contributed by atoms with E-state index in [0.29, 0.717) is 23.2 Å². The largest absolute Gasteiger partial charge is 0.493 e. The fourth-order valence-electron chi connectivity index (χ4n) is 2.71. The molecule has 4 heteroatoms. The minimum Gasteiger partial charge on any atom is -0.493 e. The van der Waals surface area contributed by atoms with Crippen molar-refractivity contribution < 1.29 is 14.2 Å². The van der Waals surface area contributed by atoms with E-state index in [4.69, 9.17) is 14.2 Å². The van der Waals surface area contributed by atoms with Crippen molar-refractivity contribution in [3.63, 3.8) is 0 Å². The summed E-state index contributed by atoms with van der Waals surface area (Å²) >= 11 is 0. The first-order chi connectivity index (χ1) is 9.69. The van der Waals surface area contributed by atoms with Crippen molar-refractivity contribution in [2.24, 2.45) is 0 Å². The lowest BCUT2D eigenvalue weighted by Crippen LogP contribution is -1.96. The van der Waals surface area contributed by atoms with Crippen molar-refractivity contribution in [1.82, 2.24) is 4.98 Å². The number of fused-ring (bicyclic) bond motifs is 1. The molecule has 0 unspecified atom stereocenters. The third kappa shape index (κ3) is 2.30. The van der Waals surface area contributed by atoms with Crippen LogP contribution in [-0.2, 0) is 0 Å². The van der Waals surface area contributed by atoms with E-state index in [2.05, 4.69) is 24.9 Å². The molecule has 1 aromatic carbocycles. The maximum atomic E-state index is 5.52. The zero-order chi connectivity index (χ0) is 14.7. The van der Waals surface area contributed by atoms with Crippen LogP contribution in [0.2, 0.25) is 0 Å². The summed E-state index contributed by atoms with van der Waals surface area (Å²) in [4.78, 5) is 3.48. The summed E-state index contributed by atoms with van der Waals surface area (Å²) in [6.07, 6.45) is 2.22. The Morgan fingerprint density at radius 1 is 0.950 bits per heavy atom. The van der Waals surface area contributed by atoms with Crippen LogP contribution in [0.4, 0.5) is 0 Å². The average molecular weight is 277 g/mol. The second kappa shape index (κ2) is 6.07. The van der Waals surface area contributed by atoms with Gasteiger partial charge < -0.3 is 19.2 Å². The zero-order valence-corrected chi connectivity index (χ0v) is 12.9. The maximum Gasteiger partial charge on any atom is 0.205 e. The van der Waals surface area contributed by atoms with Crippen LogP contribution in [0.5, 0.6) is 17.2 Å². The van der Waals surface area contributed by atoms with Gasteiger partial charge in [-0.3, -0.25) is 0 Å². The molecule has 0 fully saturated rings. The van der Waals surface area contributed by atoms with Crippen LogP contribution in [0.25, 0.3) is 10.9 Å². The number of hydrogen-bond donors (Lipinski definition) is 1. The predicted octanol–water partition coefficient (Wildman–Crippen LogP) is 4.10. The smallest absolute Gasteiger partial charge is 0.205 e. The number of rotatable bonds is 6. The molecular formula is C16H23NO3. The molecule has 0 aliphatic rings. The lowest BCUT2D eigenvalue weighted by atomic mass is 10.00. The summed E-state index contributed by atoms with van der Waals surface area (Å²) in [5, 5.41) is 1.08. The fourth-order valence-corrected chi connectivity index (χ4v) is 2.71. The van der Waals surface area contributed by atoms with Crippen molar-refractivity contribution in [1.29, 1.82) is 0 Å². The van der Waals surface area contributed by atoms with Gasteiger partial charge in [0.1, 0.15) is 0 Å². The highest BCUT2D eigenvalue weighted by molar-refractivity contribution is 5.91. The van der Waals surface area contributed by atoms with E-state index in [9.17, 15) is 0 Å². The minimum absolute atomic E-state index is 0.532. The van der Waals surface area contributed by atoms with Gasteiger partial charge in [-0.1, -0.05) is 13.8 Å². The summed E-state index contributed by atoms with van der Waals surface area (Å²) in [5.74, 6) is 2.54. The summed E-state index contributed by atoms with van der Waals surface area (Å²) in [7, 11) is 4.91. The highest BCUT2D eigenvalue weighted by Gasteiger charge is 2.19.